The zero-order valence-corrected chi connectivity index (χ0v) is 17.4. The van der Waals surface area contributed by atoms with Gasteiger partial charge in [0.1, 0.15) is 16.4 Å². The molecule has 1 aromatic rings. The molecule has 1 aliphatic rings. The maximum absolute atomic E-state index is 11.2. The summed E-state index contributed by atoms with van der Waals surface area (Å²) < 4.78 is 33.5. The van der Waals surface area contributed by atoms with Crippen molar-refractivity contribution in [1.29, 1.82) is 0 Å². The summed E-state index contributed by atoms with van der Waals surface area (Å²) in [5.41, 5.74) is 4.37. The van der Waals surface area contributed by atoms with Crippen LogP contribution in [0.1, 0.15) is 32.8 Å². The molecule has 1 aliphatic heterocycles. The second-order valence-electron chi connectivity index (χ2n) is 5.76. The Bertz CT molecular complexity index is 663. The van der Waals surface area contributed by atoms with Gasteiger partial charge in [-0.05, 0) is 17.5 Å². The first-order valence-corrected chi connectivity index (χ1v) is 10.9. The van der Waals surface area contributed by atoms with Gasteiger partial charge in [0.05, 0.1) is 0 Å². The average Bonchev–Trinajstić information content (AvgIpc) is 2.92. The standard InChI is InChI=1S/C10H14O5S.C3H6N2O.CH3.Na/c1-10(2,3)8-6(11)4-5-7(12)9(8)16(13,14)15;6-3-1-2-4-5-3;;/h4-5,11-12H,1-3H3,(H,13,14,15);4H,1-2H2,(H,5,6);1H3;. The summed E-state index contributed by atoms with van der Waals surface area (Å²) in [4.78, 5) is 9.43. The summed E-state index contributed by atoms with van der Waals surface area (Å²) >= 11 is 1.31. The molecule has 0 unspecified atom stereocenters. The second kappa shape index (κ2) is 9.59. The van der Waals surface area contributed by atoms with Crippen LogP contribution in [-0.4, -0.2) is 63.6 Å². The van der Waals surface area contributed by atoms with E-state index in [1.807, 2.05) is 0 Å². The van der Waals surface area contributed by atoms with Crippen LogP contribution in [0.15, 0.2) is 17.0 Å². The number of nitrogens with one attached hydrogen (secondary N) is 2. The van der Waals surface area contributed by atoms with E-state index >= 15 is 0 Å². The first-order valence-electron chi connectivity index (χ1n) is 7.49. The summed E-state index contributed by atoms with van der Waals surface area (Å²) in [6.45, 7) is 5.77. The van der Waals surface area contributed by atoms with E-state index in [9.17, 15) is 23.4 Å². The van der Waals surface area contributed by atoms with Gasteiger partial charge in [-0.25, -0.2) is 5.43 Å². The fourth-order valence-electron chi connectivity index (χ4n) is 1.95. The van der Waals surface area contributed by atoms with Crippen molar-refractivity contribution in [2.45, 2.75) is 41.7 Å². The Morgan fingerprint density at radius 1 is 1.12 bits per heavy atom. The van der Waals surface area contributed by atoms with Gasteiger partial charge >= 0.3 is 32.1 Å². The van der Waals surface area contributed by atoms with E-state index in [-0.39, 0.29) is 17.2 Å². The van der Waals surface area contributed by atoms with E-state index in [0.29, 0.717) is 6.42 Å². The van der Waals surface area contributed by atoms with E-state index in [1.165, 1.54) is 34.0 Å². The molecule has 10 heteroatoms. The molecule has 0 atom stereocenters. The molecule has 1 heterocycles. The molecule has 1 saturated heterocycles. The minimum absolute atomic E-state index is 0.00463. The Balaban J connectivity index is 0.000000547. The predicted octanol–water partition coefficient (Wildman–Crippen LogP) is 0.856. The normalized spacial score (nSPS) is 14.0. The molecule has 2 rings (SSSR count). The first kappa shape index (κ1) is 23.2. The van der Waals surface area contributed by atoms with Crippen molar-refractivity contribution in [3.05, 3.63) is 17.7 Å². The Morgan fingerprint density at radius 2 is 1.62 bits per heavy atom. The number of benzene rings is 1. The van der Waals surface area contributed by atoms with Gasteiger partial charge in [0.25, 0.3) is 10.1 Å². The molecule has 24 heavy (non-hydrogen) atoms. The average molecular weight is 370 g/mol. The molecule has 1 fully saturated rings. The molecule has 0 spiro atoms. The van der Waals surface area contributed by atoms with E-state index < -0.39 is 26.2 Å². The number of carbonyl (C=O) groups is 1. The molecule has 1 amide bonds. The van der Waals surface area contributed by atoms with Gasteiger partial charge in [0, 0.05) is 18.5 Å². The number of hydrogen-bond acceptors (Lipinski definition) is 6. The van der Waals surface area contributed by atoms with Crippen LogP contribution in [0.4, 0.5) is 0 Å². The van der Waals surface area contributed by atoms with E-state index in [1.54, 1.807) is 20.8 Å². The number of phenolic OH excluding ortho intramolecular Hbond substituents is 2. The van der Waals surface area contributed by atoms with Gasteiger partial charge in [-0.2, -0.15) is 8.42 Å². The van der Waals surface area contributed by atoms with Crippen LogP contribution in [0.5, 0.6) is 11.5 Å². The van der Waals surface area contributed by atoms with E-state index in [0.717, 1.165) is 12.6 Å². The maximum atomic E-state index is 11.2. The summed E-state index contributed by atoms with van der Waals surface area (Å²) in [6, 6.07) is 2.21. The van der Waals surface area contributed by atoms with Crippen LogP contribution in [-0.2, 0) is 20.3 Å². The van der Waals surface area contributed by atoms with Gasteiger partial charge in [-0.1, -0.05) is 20.8 Å². The van der Waals surface area contributed by atoms with Gasteiger partial charge < -0.3 is 10.2 Å². The quantitative estimate of drug-likeness (QED) is 0.281. The van der Waals surface area contributed by atoms with Crippen LogP contribution in [0, 0.1) is 0 Å². The van der Waals surface area contributed by atoms with Gasteiger partial charge in [0.15, 0.2) is 0 Å². The van der Waals surface area contributed by atoms with Crippen LogP contribution in [0.2, 0.25) is 4.17 Å². The molecule has 0 aliphatic carbocycles. The van der Waals surface area contributed by atoms with Crippen molar-refractivity contribution in [2.75, 3.05) is 6.54 Å². The number of hydrazine groups is 1. The summed E-state index contributed by atoms with van der Waals surface area (Å²) in [5, 5.41) is 19.1. The molecule has 132 valence electrons. The van der Waals surface area contributed by atoms with Crippen molar-refractivity contribution in [3.63, 3.8) is 0 Å². The van der Waals surface area contributed by atoms with Crippen molar-refractivity contribution in [1.82, 2.24) is 10.9 Å². The molecular formula is C14H23N2NaO6S. The third kappa shape index (κ3) is 6.96. The number of amides is 1. The zero-order valence-electron chi connectivity index (χ0n) is 14.5. The minimum atomic E-state index is -4.58. The zero-order chi connectivity index (χ0) is 19.1. The van der Waals surface area contributed by atoms with Crippen LogP contribution < -0.4 is 10.9 Å². The van der Waals surface area contributed by atoms with E-state index in [4.69, 9.17) is 4.55 Å². The molecule has 0 aromatic heterocycles. The topological polar surface area (TPSA) is 136 Å². The Kier molecular flexibility index (Phi) is 9.26. The van der Waals surface area contributed by atoms with Crippen molar-refractivity contribution >= 4 is 44.0 Å². The van der Waals surface area contributed by atoms with Crippen molar-refractivity contribution in [2.24, 2.45) is 0 Å². The molecule has 5 N–H and O–H groups in total. The number of phenols is 2. The Morgan fingerprint density at radius 3 is 1.88 bits per heavy atom. The SMILES string of the molecule is CC(C)(C)c1c(O)ccc(O)c1S(=O)(=O)O.O=C1CCNN1.[CH3][Na]. The fraction of sp³-hybridized carbons (Fsp3) is 0.500. The monoisotopic (exact) mass is 370 g/mol. The summed E-state index contributed by atoms with van der Waals surface area (Å²) in [7, 11) is -4.58. The second-order valence-corrected chi connectivity index (χ2v) is 7.12. The molecule has 0 bridgehead atoms. The molecule has 8 nitrogen and oxygen atoms in total. The number of hydrogen-bond donors (Lipinski definition) is 5. The molecule has 0 saturated carbocycles. The predicted molar refractivity (Wildman–Crippen MR) is 90.7 cm³/mol. The fourth-order valence-corrected chi connectivity index (χ4v) is 2.95. The number of aromatic hydroxyl groups is 2. The first-order chi connectivity index (χ1) is 10.9. The van der Waals surface area contributed by atoms with Crippen LogP contribution >= 0.6 is 0 Å². The summed E-state index contributed by atoms with van der Waals surface area (Å²) in [6.07, 6.45) is 0.625. The Hall–Kier alpha value is -0.840. The third-order valence-electron chi connectivity index (χ3n) is 2.83. The molecule has 0 radical (unpaired) electrons. The summed E-state index contributed by atoms with van der Waals surface area (Å²) in [5.74, 6) is -0.766. The van der Waals surface area contributed by atoms with Crippen molar-refractivity contribution in [3.8, 4) is 11.5 Å². The van der Waals surface area contributed by atoms with Crippen LogP contribution in [0.25, 0.3) is 0 Å². The van der Waals surface area contributed by atoms with Gasteiger partial charge in [-0.15, -0.1) is 0 Å². The van der Waals surface area contributed by atoms with E-state index in [2.05, 4.69) is 15.0 Å². The Labute approximate surface area is 159 Å². The van der Waals surface area contributed by atoms with Crippen LogP contribution in [0.3, 0.4) is 0 Å². The van der Waals surface area contributed by atoms with Crippen molar-refractivity contribution < 1.29 is 28.0 Å². The third-order valence-corrected chi connectivity index (χ3v) is 3.76. The van der Waals surface area contributed by atoms with Gasteiger partial charge in [0.2, 0.25) is 5.91 Å². The van der Waals surface area contributed by atoms with Gasteiger partial charge in [-0.3, -0.25) is 14.8 Å². The number of rotatable bonds is 1. The molecule has 1 aromatic carbocycles. The molecular weight excluding hydrogens is 347 g/mol. The number of carbonyl (C=O) groups excluding carboxylic acids is 1.